The van der Waals surface area contributed by atoms with Crippen LogP contribution in [0.1, 0.15) is 44.7 Å². The van der Waals surface area contributed by atoms with Crippen LogP contribution in [0.2, 0.25) is 0 Å². The van der Waals surface area contributed by atoms with Crippen LogP contribution in [0, 0.1) is 3.57 Å². The van der Waals surface area contributed by atoms with Gasteiger partial charge in [-0.3, -0.25) is 0 Å². The molecule has 0 N–H and O–H groups in total. The standard InChI is InChI=1S/C21H23I/c1-5-17(9-6-15(2)3)21-14-19(22)12-13-20(21)18-10-7-16(4)8-11-18/h5-7,9-10,12-14H,1,8,11H2,2-4H3/b17-9+. The molecule has 1 heteroatoms. The Morgan fingerprint density at radius 2 is 1.91 bits per heavy atom. The molecular formula is C21H23I. The molecule has 0 bridgehead atoms. The zero-order chi connectivity index (χ0) is 16.1. The summed E-state index contributed by atoms with van der Waals surface area (Å²) in [4.78, 5) is 0. The Balaban J connectivity index is 2.55. The average molecular weight is 402 g/mol. The first-order valence-corrected chi connectivity index (χ1v) is 8.73. The number of hydrogen-bond acceptors (Lipinski definition) is 0. The summed E-state index contributed by atoms with van der Waals surface area (Å²) >= 11 is 2.38. The molecule has 1 aliphatic rings. The van der Waals surface area contributed by atoms with E-state index in [2.05, 4.69) is 92.4 Å². The van der Waals surface area contributed by atoms with Crippen LogP contribution in [-0.2, 0) is 0 Å². The third-order valence-corrected chi connectivity index (χ3v) is 4.48. The second-order valence-corrected chi connectivity index (χ2v) is 7.21. The van der Waals surface area contributed by atoms with Crippen molar-refractivity contribution in [3.05, 3.63) is 81.0 Å². The number of hydrogen-bond donors (Lipinski definition) is 0. The van der Waals surface area contributed by atoms with Gasteiger partial charge in [-0.2, -0.15) is 0 Å². The second kappa shape index (κ2) is 7.77. The molecule has 0 aromatic heterocycles. The van der Waals surface area contributed by atoms with E-state index in [4.69, 9.17) is 0 Å². The minimum absolute atomic E-state index is 1.11. The zero-order valence-corrected chi connectivity index (χ0v) is 15.8. The molecule has 0 amide bonds. The second-order valence-electron chi connectivity index (χ2n) is 5.96. The molecule has 0 atom stereocenters. The average Bonchev–Trinajstić information content (AvgIpc) is 2.49. The van der Waals surface area contributed by atoms with Crippen molar-refractivity contribution >= 4 is 33.7 Å². The van der Waals surface area contributed by atoms with Crippen molar-refractivity contribution in [2.45, 2.75) is 33.6 Å². The van der Waals surface area contributed by atoms with Crippen LogP contribution in [0.5, 0.6) is 0 Å². The van der Waals surface area contributed by atoms with Gasteiger partial charge in [0.25, 0.3) is 0 Å². The number of rotatable bonds is 4. The van der Waals surface area contributed by atoms with E-state index < -0.39 is 0 Å². The highest BCUT2D eigenvalue weighted by Gasteiger charge is 2.12. The van der Waals surface area contributed by atoms with E-state index in [-0.39, 0.29) is 0 Å². The first-order valence-electron chi connectivity index (χ1n) is 7.65. The van der Waals surface area contributed by atoms with Crippen molar-refractivity contribution in [3.8, 4) is 0 Å². The Morgan fingerprint density at radius 1 is 1.14 bits per heavy atom. The van der Waals surface area contributed by atoms with Crippen LogP contribution < -0.4 is 0 Å². The lowest BCUT2D eigenvalue weighted by molar-refractivity contribution is 0.976. The van der Waals surface area contributed by atoms with E-state index in [1.54, 1.807) is 0 Å². The lowest BCUT2D eigenvalue weighted by atomic mass is 9.88. The number of benzene rings is 1. The van der Waals surface area contributed by atoms with Gasteiger partial charge in [0.05, 0.1) is 0 Å². The summed E-state index contributed by atoms with van der Waals surface area (Å²) in [7, 11) is 0. The van der Waals surface area contributed by atoms with Crippen molar-refractivity contribution in [2.24, 2.45) is 0 Å². The summed E-state index contributed by atoms with van der Waals surface area (Å²) in [6, 6.07) is 6.69. The first kappa shape index (κ1) is 17.0. The molecule has 0 heterocycles. The van der Waals surface area contributed by atoms with Gasteiger partial charge in [0.15, 0.2) is 0 Å². The Morgan fingerprint density at radius 3 is 2.50 bits per heavy atom. The maximum absolute atomic E-state index is 4.01. The quantitative estimate of drug-likeness (QED) is 0.378. The van der Waals surface area contributed by atoms with Crippen molar-refractivity contribution in [2.75, 3.05) is 0 Å². The molecule has 0 aliphatic heterocycles. The maximum Gasteiger partial charge on any atom is 0.0136 e. The summed E-state index contributed by atoms with van der Waals surface area (Å²) < 4.78 is 1.25. The fraction of sp³-hybridized carbons (Fsp3) is 0.238. The number of allylic oxidation sites excluding steroid dienone is 9. The smallest absolute Gasteiger partial charge is 0.0136 e. The molecule has 0 spiro atoms. The Hall–Kier alpha value is -1.35. The molecule has 0 unspecified atom stereocenters. The van der Waals surface area contributed by atoms with E-state index in [1.165, 1.54) is 37.0 Å². The summed E-state index contributed by atoms with van der Waals surface area (Å²) in [5.74, 6) is 0. The highest BCUT2D eigenvalue weighted by Crippen LogP contribution is 2.33. The molecule has 0 nitrogen and oxygen atoms in total. The topological polar surface area (TPSA) is 0 Å². The summed E-state index contributed by atoms with van der Waals surface area (Å²) in [5, 5.41) is 0. The van der Waals surface area contributed by atoms with Crippen LogP contribution in [0.3, 0.4) is 0 Å². The monoisotopic (exact) mass is 402 g/mol. The minimum Gasteiger partial charge on any atom is -0.0984 e. The molecule has 1 aromatic carbocycles. The number of halogens is 1. The van der Waals surface area contributed by atoms with Crippen molar-refractivity contribution in [1.82, 2.24) is 0 Å². The maximum atomic E-state index is 4.01. The lowest BCUT2D eigenvalue weighted by Crippen LogP contribution is -1.97. The van der Waals surface area contributed by atoms with Gasteiger partial charge < -0.3 is 0 Å². The van der Waals surface area contributed by atoms with E-state index in [9.17, 15) is 0 Å². The van der Waals surface area contributed by atoms with Gasteiger partial charge in [0, 0.05) is 3.57 Å². The van der Waals surface area contributed by atoms with Gasteiger partial charge in [0.2, 0.25) is 0 Å². The lowest BCUT2D eigenvalue weighted by Gasteiger charge is -2.17. The van der Waals surface area contributed by atoms with Crippen LogP contribution in [0.4, 0.5) is 0 Å². The van der Waals surface area contributed by atoms with Crippen LogP contribution in [0.15, 0.2) is 66.3 Å². The summed E-state index contributed by atoms with van der Waals surface area (Å²) in [6.07, 6.45) is 13.1. The fourth-order valence-corrected chi connectivity index (χ4v) is 3.02. The zero-order valence-electron chi connectivity index (χ0n) is 13.6. The van der Waals surface area contributed by atoms with Crippen molar-refractivity contribution in [1.29, 1.82) is 0 Å². The third-order valence-electron chi connectivity index (χ3n) is 3.81. The van der Waals surface area contributed by atoms with Gasteiger partial charge >= 0.3 is 0 Å². The molecule has 0 fully saturated rings. The summed E-state index contributed by atoms with van der Waals surface area (Å²) in [6.45, 7) is 10.4. The van der Waals surface area contributed by atoms with Crippen molar-refractivity contribution < 1.29 is 0 Å². The predicted molar refractivity (Wildman–Crippen MR) is 108 cm³/mol. The van der Waals surface area contributed by atoms with Crippen LogP contribution in [-0.4, -0.2) is 0 Å². The first-order chi connectivity index (χ1) is 10.5. The van der Waals surface area contributed by atoms with Gasteiger partial charge in [-0.1, -0.05) is 54.2 Å². The minimum atomic E-state index is 1.11. The third kappa shape index (κ3) is 4.33. The van der Waals surface area contributed by atoms with E-state index in [0.29, 0.717) is 0 Å². The van der Waals surface area contributed by atoms with E-state index in [1.807, 2.05) is 6.08 Å². The predicted octanol–water partition coefficient (Wildman–Crippen LogP) is 6.95. The highest BCUT2D eigenvalue weighted by molar-refractivity contribution is 14.1. The molecule has 114 valence electrons. The Bertz CT molecular complexity index is 693. The van der Waals surface area contributed by atoms with Gasteiger partial charge in [-0.15, -0.1) is 0 Å². The molecule has 0 saturated heterocycles. The molecule has 2 rings (SSSR count). The van der Waals surface area contributed by atoms with Crippen LogP contribution in [0.25, 0.3) is 11.1 Å². The summed E-state index contributed by atoms with van der Waals surface area (Å²) in [5.41, 5.74) is 7.96. The van der Waals surface area contributed by atoms with Gasteiger partial charge in [-0.05, 0) is 90.6 Å². The molecule has 0 saturated carbocycles. The molecule has 22 heavy (non-hydrogen) atoms. The highest BCUT2D eigenvalue weighted by atomic mass is 127. The molecule has 0 radical (unpaired) electrons. The molecule has 1 aromatic rings. The normalized spacial score (nSPS) is 15.0. The van der Waals surface area contributed by atoms with E-state index in [0.717, 1.165) is 12.8 Å². The molecular weight excluding hydrogens is 379 g/mol. The van der Waals surface area contributed by atoms with Crippen molar-refractivity contribution in [3.63, 3.8) is 0 Å². The van der Waals surface area contributed by atoms with E-state index >= 15 is 0 Å². The van der Waals surface area contributed by atoms with Gasteiger partial charge in [-0.25, -0.2) is 0 Å². The largest absolute Gasteiger partial charge is 0.0984 e. The van der Waals surface area contributed by atoms with Crippen LogP contribution >= 0.6 is 22.6 Å². The Labute approximate surface area is 148 Å². The SMILES string of the molecule is C=C/C(=C\C=C(C)C)c1cc(I)ccc1C1=CC=C(C)CC1. The van der Waals surface area contributed by atoms with Gasteiger partial charge in [0.1, 0.15) is 0 Å². The Kier molecular flexibility index (Phi) is 6.01. The fourth-order valence-electron chi connectivity index (χ4n) is 2.53. The molecule has 1 aliphatic carbocycles.